The summed E-state index contributed by atoms with van der Waals surface area (Å²) < 4.78 is 44.1. The predicted octanol–water partition coefficient (Wildman–Crippen LogP) is 2.53. The van der Waals surface area contributed by atoms with Crippen molar-refractivity contribution in [2.24, 2.45) is 0 Å². The molecular formula is C8H5BrF3NO3. The van der Waals surface area contributed by atoms with Crippen LogP contribution in [0.15, 0.2) is 16.9 Å². The summed E-state index contributed by atoms with van der Waals surface area (Å²) in [5, 5.41) is 0. The Morgan fingerprint density at radius 2 is 2.12 bits per heavy atom. The molecule has 0 saturated heterocycles. The number of ether oxygens (including phenoxy) is 2. The number of esters is 1. The molecule has 0 aliphatic heterocycles. The summed E-state index contributed by atoms with van der Waals surface area (Å²) in [4.78, 5) is 14.7. The maximum Gasteiger partial charge on any atom is 0.573 e. The number of alkyl halides is 3. The van der Waals surface area contributed by atoms with Gasteiger partial charge in [0.2, 0.25) is 0 Å². The number of methoxy groups -OCH3 is 1. The minimum absolute atomic E-state index is 0.197. The topological polar surface area (TPSA) is 48.4 Å². The van der Waals surface area contributed by atoms with Crippen LogP contribution in [0.2, 0.25) is 0 Å². The van der Waals surface area contributed by atoms with Gasteiger partial charge in [-0.25, -0.2) is 9.78 Å². The zero-order valence-electron chi connectivity index (χ0n) is 7.84. The van der Waals surface area contributed by atoms with E-state index in [1.165, 1.54) is 0 Å². The molecule has 0 saturated carbocycles. The van der Waals surface area contributed by atoms with Crippen LogP contribution < -0.4 is 4.74 Å². The Morgan fingerprint density at radius 3 is 2.62 bits per heavy atom. The fourth-order valence-electron chi connectivity index (χ4n) is 0.893. The van der Waals surface area contributed by atoms with Crippen LogP contribution in [0.4, 0.5) is 13.2 Å². The van der Waals surface area contributed by atoms with E-state index in [9.17, 15) is 18.0 Å². The van der Waals surface area contributed by atoms with E-state index >= 15 is 0 Å². The second-order valence-corrected chi connectivity index (χ2v) is 3.36. The van der Waals surface area contributed by atoms with Gasteiger partial charge in [-0.05, 0) is 22.0 Å². The number of rotatable bonds is 2. The first kappa shape index (κ1) is 12.8. The van der Waals surface area contributed by atoms with E-state index in [-0.39, 0.29) is 10.2 Å². The summed E-state index contributed by atoms with van der Waals surface area (Å²) in [6.07, 6.45) is -4.11. The molecule has 0 N–H and O–H groups in total. The largest absolute Gasteiger partial charge is 0.573 e. The minimum Gasteiger partial charge on any atom is -0.465 e. The van der Waals surface area contributed by atoms with Crippen molar-refractivity contribution in [2.45, 2.75) is 6.36 Å². The van der Waals surface area contributed by atoms with Crippen LogP contribution in [0.3, 0.4) is 0 Å². The molecule has 8 heteroatoms. The maximum atomic E-state index is 12.0. The highest BCUT2D eigenvalue weighted by Crippen LogP contribution is 2.27. The highest BCUT2D eigenvalue weighted by atomic mass is 79.9. The van der Waals surface area contributed by atoms with Crippen LogP contribution in [0.1, 0.15) is 10.4 Å². The van der Waals surface area contributed by atoms with Crippen molar-refractivity contribution >= 4 is 21.9 Å². The van der Waals surface area contributed by atoms with Gasteiger partial charge in [0, 0.05) is 0 Å². The van der Waals surface area contributed by atoms with Crippen LogP contribution in [-0.4, -0.2) is 24.4 Å². The van der Waals surface area contributed by atoms with Crippen molar-refractivity contribution < 1.29 is 27.4 Å². The molecule has 0 atom stereocenters. The van der Waals surface area contributed by atoms with Gasteiger partial charge in [0.05, 0.1) is 13.3 Å². The molecule has 0 unspecified atom stereocenters. The smallest absolute Gasteiger partial charge is 0.465 e. The van der Waals surface area contributed by atoms with Crippen molar-refractivity contribution in [2.75, 3.05) is 7.11 Å². The van der Waals surface area contributed by atoms with E-state index in [4.69, 9.17) is 0 Å². The lowest BCUT2D eigenvalue weighted by atomic mass is 10.2. The van der Waals surface area contributed by atoms with E-state index in [0.717, 1.165) is 19.4 Å². The van der Waals surface area contributed by atoms with Crippen molar-refractivity contribution in [3.63, 3.8) is 0 Å². The lowest BCUT2D eigenvalue weighted by molar-refractivity contribution is -0.274. The van der Waals surface area contributed by atoms with E-state index in [1.54, 1.807) is 0 Å². The van der Waals surface area contributed by atoms with Gasteiger partial charge in [0.15, 0.2) is 5.75 Å². The summed E-state index contributed by atoms with van der Waals surface area (Å²) in [6, 6.07) is 1.08. The van der Waals surface area contributed by atoms with Gasteiger partial charge in [-0.2, -0.15) is 0 Å². The number of halogens is 4. The van der Waals surface area contributed by atoms with Gasteiger partial charge in [-0.15, -0.1) is 13.2 Å². The second-order valence-electron chi connectivity index (χ2n) is 2.54. The van der Waals surface area contributed by atoms with Crippen LogP contribution in [0, 0.1) is 0 Å². The first-order valence-electron chi connectivity index (χ1n) is 3.83. The van der Waals surface area contributed by atoms with Crippen molar-refractivity contribution in [1.82, 2.24) is 4.98 Å². The number of nitrogens with zero attached hydrogens (tertiary/aromatic N) is 1. The third kappa shape index (κ3) is 3.37. The Kier molecular flexibility index (Phi) is 3.74. The van der Waals surface area contributed by atoms with Crippen molar-refractivity contribution in [1.29, 1.82) is 0 Å². The number of pyridine rings is 1. The van der Waals surface area contributed by atoms with Crippen LogP contribution in [0.25, 0.3) is 0 Å². The Morgan fingerprint density at radius 1 is 1.50 bits per heavy atom. The Labute approximate surface area is 96.5 Å². The molecule has 1 rings (SSSR count). The summed E-state index contributed by atoms with van der Waals surface area (Å²) in [7, 11) is 1.05. The molecule has 0 aromatic carbocycles. The lowest BCUT2D eigenvalue weighted by Gasteiger charge is -2.11. The molecule has 0 aliphatic rings. The quantitative estimate of drug-likeness (QED) is 0.622. The summed E-state index contributed by atoms with van der Waals surface area (Å²) >= 11 is 2.92. The van der Waals surface area contributed by atoms with Gasteiger partial charge < -0.3 is 9.47 Å². The first-order chi connectivity index (χ1) is 7.33. The molecule has 0 radical (unpaired) electrons. The van der Waals surface area contributed by atoms with Gasteiger partial charge in [0.25, 0.3) is 0 Å². The SMILES string of the molecule is COC(=O)c1cc(Br)ncc1OC(F)(F)F. The fraction of sp³-hybridized carbons (Fsp3) is 0.250. The summed E-state index contributed by atoms with van der Waals surface area (Å²) in [5.41, 5.74) is -0.360. The average Bonchev–Trinajstić information content (AvgIpc) is 2.17. The number of hydrogen-bond donors (Lipinski definition) is 0. The maximum absolute atomic E-state index is 12.0. The molecule has 1 aromatic heterocycles. The van der Waals surface area contributed by atoms with Gasteiger partial charge in [-0.3, -0.25) is 0 Å². The highest BCUT2D eigenvalue weighted by molar-refractivity contribution is 9.10. The lowest BCUT2D eigenvalue weighted by Crippen LogP contribution is -2.19. The molecule has 16 heavy (non-hydrogen) atoms. The van der Waals surface area contributed by atoms with Crippen molar-refractivity contribution in [3.8, 4) is 5.75 Å². The number of hydrogen-bond acceptors (Lipinski definition) is 4. The minimum atomic E-state index is -4.89. The fourth-order valence-corrected chi connectivity index (χ4v) is 1.22. The Balaban J connectivity index is 3.13. The molecule has 4 nitrogen and oxygen atoms in total. The molecule has 0 aliphatic carbocycles. The number of carbonyl (C=O) groups excluding carboxylic acids is 1. The molecule has 1 heterocycles. The standard InChI is InChI=1S/C8H5BrF3NO3/c1-15-7(14)4-2-6(9)13-3-5(4)16-8(10,11)12/h2-3H,1H3. The molecule has 0 bridgehead atoms. The second kappa shape index (κ2) is 4.69. The first-order valence-corrected chi connectivity index (χ1v) is 4.62. The van der Waals surface area contributed by atoms with Gasteiger partial charge in [-0.1, -0.05) is 0 Å². The third-order valence-corrected chi connectivity index (χ3v) is 1.90. The zero-order chi connectivity index (χ0) is 12.3. The molecule has 0 spiro atoms. The predicted molar refractivity (Wildman–Crippen MR) is 50.0 cm³/mol. The van der Waals surface area contributed by atoms with Gasteiger partial charge in [0.1, 0.15) is 10.2 Å². The third-order valence-electron chi connectivity index (χ3n) is 1.47. The normalized spacial score (nSPS) is 11.1. The Hall–Kier alpha value is -1.31. The van der Waals surface area contributed by atoms with E-state index in [0.29, 0.717) is 0 Å². The van der Waals surface area contributed by atoms with Crippen molar-refractivity contribution in [3.05, 3.63) is 22.4 Å². The van der Waals surface area contributed by atoms with Gasteiger partial charge >= 0.3 is 12.3 Å². The van der Waals surface area contributed by atoms with Crippen LogP contribution in [0.5, 0.6) is 5.75 Å². The van der Waals surface area contributed by atoms with E-state index in [2.05, 4.69) is 30.4 Å². The molecule has 88 valence electrons. The molecule has 0 amide bonds. The Bertz CT molecular complexity index is 408. The monoisotopic (exact) mass is 299 g/mol. The number of aromatic nitrogens is 1. The van der Waals surface area contributed by atoms with Crippen LogP contribution in [-0.2, 0) is 4.74 Å². The van der Waals surface area contributed by atoms with E-state index in [1.807, 2.05) is 0 Å². The highest BCUT2D eigenvalue weighted by Gasteiger charge is 2.33. The molecular weight excluding hydrogens is 295 g/mol. The zero-order valence-corrected chi connectivity index (χ0v) is 9.42. The summed E-state index contributed by atoms with van der Waals surface area (Å²) in [5.74, 6) is -1.65. The van der Waals surface area contributed by atoms with E-state index < -0.39 is 18.1 Å². The number of carbonyl (C=O) groups is 1. The summed E-state index contributed by atoms with van der Waals surface area (Å²) in [6.45, 7) is 0. The molecule has 1 aromatic rings. The average molecular weight is 300 g/mol. The van der Waals surface area contributed by atoms with Crippen LogP contribution >= 0.6 is 15.9 Å². The molecule has 0 fully saturated rings.